The second-order valence-electron chi connectivity index (χ2n) is 12.3. The van der Waals surface area contributed by atoms with Gasteiger partial charge in [-0.3, -0.25) is 9.79 Å². The lowest BCUT2D eigenvalue weighted by molar-refractivity contribution is -0.118. The highest BCUT2D eigenvalue weighted by atomic mass is 35.5. The monoisotopic (exact) mass is 622 g/mol. The first-order valence-corrected chi connectivity index (χ1v) is 15.8. The van der Waals surface area contributed by atoms with E-state index < -0.39 is 18.3 Å². The van der Waals surface area contributed by atoms with Gasteiger partial charge < -0.3 is 14.8 Å². The fourth-order valence-corrected chi connectivity index (χ4v) is 6.13. The predicted molar refractivity (Wildman–Crippen MR) is 177 cm³/mol. The highest BCUT2D eigenvalue weighted by Gasteiger charge is 2.36. The van der Waals surface area contributed by atoms with E-state index in [0.29, 0.717) is 16.2 Å². The maximum atomic E-state index is 14.7. The number of ketones is 1. The van der Waals surface area contributed by atoms with Gasteiger partial charge in [0.2, 0.25) is 0 Å². The Balaban J connectivity index is 1.58. The van der Waals surface area contributed by atoms with Gasteiger partial charge >= 0.3 is 6.09 Å². The van der Waals surface area contributed by atoms with Crippen LogP contribution in [0, 0.1) is 5.92 Å². The van der Waals surface area contributed by atoms with E-state index in [2.05, 4.69) is 56.4 Å². The summed E-state index contributed by atoms with van der Waals surface area (Å²) in [5.41, 5.74) is 6.60. The van der Waals surface area contributed by atoms with E-state index in [1.807, 2.05) is 39.1 Å². The van der Waals surface area contributed by atoms with Gasteiger partial charge in [0.1, 0.15) is 18.0 Å². The Morgan fingerprint density at radius 3 is 2.57 bits per heavy atom. The molecule has 4 rings (SSSR count). The summed E-state index contributed by atoms with van der Waals surface area (Å²) in [6, 6.07) is 11.1. The van der Waals surface area contributed by atoms with Crippen LogP contribution >= 0.6 is 11.6 Å². The van der Waals surface area contributed by atoms with E-state index >= 15 is 0 Å². The number of carbonyl (C=O) groups is 2. The molecule has 1 N–H and O–H groups in total. The minimum Gasteiger partial charge on any atom is -0.489 e. The van der Waals surface area contributed by atoms with Gasteiger partial charge in [-0.05, 0) is 72.2 Å². The normalized spacial score (nSPS) is 21.6. The molecule has 1 aliphatic carbocycles. The molecule has 44 heavy (non-hydrogen) atoms. The van der Waals surface area contributed by atoms with Gasteiger partial charge in [-0.15, -0.1) is 0 Å². The van der Waals surface area contributed by atoms with E-state index in [0.717, 1.165) is 40.9 Å². The molecule has 0 spiro atoms. The van der Waals surface area contributed by atoms with Crippen molar-refractivity contribution in [2.75, 3.05) is 7.11 Å². The minimum absolute atomic E-state index is 0.00877. The zero-order valence-electron chi connectivity index (χ0n) is 26.7. The van der Waals surface area contributed by atoms with E-state index in [1.54, 1.807) is 0 Å². The third-order valence-corrected chi connectivity index (χ3v) is 8.87. The molecule has 2 aromatic carbocycles. The Bertz CT molecular complexity index is 1480. The maximum Gasteiger partial charge on any atom is 0.407 e. The highest BCUT2D eigenvalue weighted by molar-refractivity contribution is 6.30. The van der Waals surface area contributed by atoms with Crippen LogP contribution in [0.5, 0.6) is 5.75 Å². The van der Waals surface area contributed by atoms with Gasteiger partial charge in [-0.2, -0.15) is 0 Å². The van der Waals surface area contributed by atoms with Gasteiger partial charge in [-0.1, -0.05) is 63.6 Å². The van der Waals surface area contributed by atoms with Crippen molar-refractivity contribution in [2.24, 2.45) is 10.9 Å². The topological polar surface area (TPSA) is 77.0 Å². The van der Waals surface area contributed by atoms with Crippen molar-refractivity contribution in [1.29, 1.82) is 0 Å². The number of halogens is 2. The number of ether oxygens (including phenoxy) is 2. The predicted octanol–water partition coefficient (Wildman–Crippen LogP) is 8.56. The quantitative estimate of drug-likeness (QED) is 0.284. The lowest BCUT2D eigenvalue weighted by Crippen LogP contribution is -2.45. The number of alkyl carbamates (subject to hydrolysis) is 1. The average Bonchev–Trinajstić information content (AvgIpc) is 3.41. The van der Waals surface area contributed by atoms with E-state index in [1.165, 1.54) is 12.7 Å². The number of hydrogen-bond acceptors (Lipinski definition) is 5. The fourth-order valence-electron chi connectivity index (χ4n) is 5.95. The fraction of sp³-hybridized carbons (Fsp3) is 0.472. The third-order valence-electron chi connectivity index (χ3n) is 8.63. The first-order valence-electron chi connectivity index (χ1n) is 15.5. The minimum atomic E-state index is -1.15. The Morgan fingerprint density at radius 1 is 1.14 bits per heavy atom. The zero-order valence-corrected chi connectivity index (χ0v) is 27.5. The molecule has 1 amide bonds. The number of amides is 1. The Kier molecular flexibility index (Phi) is 11.1. The van der Waals surface area contributed by atoms with Crippen LogP contribution in [0.2, 0.25) is 5.02 Å². The smallest absolute Gasteiger partial charge is 0.407 e. The number of nitrogens with one attached hydrogen (secondary N) is 1. The molecule has 0 radical (unpaired) electrons. The van der Waals surface area contributed by atoms with Crippen LogP contribution in [0.15, 0.2) is 52.5 Å². The van der Waals surface area contributed by atoms with E-state index in [-0.39, 0.29) is 42.6 Å². The SMILES string of the molecule is CCC1Cc2ccc(Cl)cc2/C=C(\C)c2ccc(C(C)C=NC(C)C3=C(C(=O)C(NC(=O)OC)C(C)C)CC(F)C3)cc2O1. The number of hydrogen-bond donors (Lipinski definition) is 1. The van der Waals surface area contributed by atoms with Crippen molar-refractivity contribution in [3.05, 3.63) is 74.8 Å². The van der Waals surface area contributed by atoms with Gasteiger partial charge in [0.25, 0.3) is 0 Å². The molecule has 0 saturated heterocycles. The summed E-state index contributed by atoms with van der Waals surface area (Å²) in [5.74, 6) is 0.323. The number of allylic oxidation sites excluding steroid dienone is 1. The van der Waals surface area contributed by atoms with Crippen LogP contribution in [0.3, 0.4) is 0 Å². The number of carbonyl (C=O) groups excluding carboxylic acids is 2. The number of alkyl halides is 1. The lowest BCUT2D eigenvalue weighted by atomic mass is 9.91. The van der Waals surface area contributed by atoms with Crippen LogP contribution in [0.1, 0.15) is 89.0 Å². The first kappa shape index (κ1) is 33.4. The second kappa shape index (κ2) is 14.6. The van der Waals surface area contributed by atoms with E-state index in [4.69, 9.17) is 26.1 Å². The summed E-state index contributed by atoms with van der Waals surface area (Å²) >= 11 is 6.33. The van der Waals surface area contributed by atoms with Crippen molar-refractivity contribution in [3.8, 4) is 5.75 Å². The molecule has 8 heteroatoms. The van der Waals surface area contributed by atoms with Crippen molar-refractivity contribution < 1.29 is 23.5 Å². The van der Waals surface area contributed by atoms with Crippen LogP contribution in [0.25, 0.3) is 11.6 Å². The average molecular weight is 623 g/mol. The Hall–Kier alpha value is -3.45. The number of fused-ring (bicyclic) bond motifs is 2. The number of aliphatic imine (C=N–C) groups is 1. The zero-order chi connectivity index (χ0) is 32.1. The molecular formula is C36H44ClFN2O4. The van der Waals surface area contributed by atoms with Crippen LogP contribution in [0.4, 0.5) is 9.18 Å². The molecule has 5 atom stereocenters. The Labute approximate surface area is 265 Å². The number of rotatable bonds is 9. The second-order valence-corrected chi connectivity index (χ2v) is 12.7. The third kappa shape index (κ3) is 7.79. The van der Waals surface area contributed by atoms with Crippen LogP contribution in [-0.2, 0) is 16.0 Å². The molecule has 5 unspecified atom stereocenters. The molecule has 6 nitrogen and oxygen atoms in total. The molecule has 2 aromatic rings. The number of benzene rings is 2. The number of nitrogens with zero attached hydrogens (tertiary/aromatic N) is 1. The summed E-state index contributed by atoms with van der Waals surface area (Å²) in [6.45, 7) is 11.8. The van der Waals surface area contributed by atoms with Gasteiger partial charge in [0.05, 0.1) is 19.2 Å². The molecule has 1 aliphatic heterocycles. The summed E-state index contributed by atoms with van der Waals surface area (Å²) in [4.78, 5) is 30.1. The lowest BCUT2D eigenvalue weighted by Gasteiger charge is -2.22. The molecule has 0 fully saturated rings. The highest BCUT2D eigenvalue weighted by Crippen LogP contribution is 2.36. The summed E-state index contributed by atoms with van der Waals surface area (Å²) in [6.07, 6.45) is 4.04. The maximum absolute atomic E-state index is 14.7. The van der Waals surface area contributed by atoms with E-state index in [9.17, 15) is 14.0 Å². The first-order chi connectivity index (χ1) is 20.9. The number of Topliss-reactive ketones (excluding diaryl/α,β-unsaturated/α-hetero) is 1. The molecule has 2 aliphatic rings. The summed E-state index contributed by atoms with van der Waals surface area (Å²) in [5, 5.41) is 3.33. The van der Waals surface area contributed by atoms with Gasteiger partial charge in [-0.25, -0.2) is 9.18 Å². The number of methoxy groups -OCH3 is 1. The molecular weight excluding hydrogens is 579 g/mol. The van der Waals surface area contributed by atoms with Gasteiger partial charge in [0.15, 0.2) is 5.78 Å². The summed E-state index contributed by atoms with van der Waals surface area (Å²) < 4.78 is 26.0. The van der Waals surface area contributed by atoms with Crippen molar-refractivity contribution in [3.63, 3.8) is 0 Å². The molecule has 1 heterocycles. The summed E-state index contributed by atoms with van der Waals surface area (Å²) in [7, 11) is 1.25. The van der Waals surface area contributed by atoms with Crippen LogP contribution < -0.4 is 10.1 Å². The standard InChI is InChI=1S/C36H44ClFN2O4/c1-8-29-15-25-9-11-27(37)14-26(25)13-21(4)30-12-10-24(16-33(30)44-29)22(5)19-39-23(6)31-17-28(38)18-32(31)35(41)34(20(2)3)40-36(42)43-7/h9-14,16,19-20,22-23,28-29,34H,8,15,17-18H2,1-7H3,(H,40,42)/b21-13+,39-19?. The Morgan fingerprint density at radius 2 is 1.89 bits per heavy atom. The van der Waals surface area contributed by atoms with Crippen LogP contribution in [-0.4, -0.2) is 49.6 Å². The molecule has 0 aromatic heterocycles. The molecule has 0 saturated carbocycles. The largest absolute Gasteiger partial charge is 0.489 e. The van der Waals surface area contributed by atoms with Crippen molar-refractivity contribution in [2.45, 2.75) is 97.5 Å². The van der Waals surface area contributed by atoms with Crippen molar-refractivity contribution in [1.82, 2.24) is 5.32 Å². The molecule has 0 bridgehead atoms. The van der Waals surface area contributed by atoms with Crippen molar-refractivity contribution >= 4 is 41.3 Å². The molecule has 236 valence electrons. The van der Waals surface area contributed by atoms with Gasteiger partial charge in [0, 0.05) is 47.6 Å².